The van der Waals surface area contributed by atoms with E-state index in [4.69, 9.17) is 0 Å². The van der Waals surface area contributed by atoms with Crippen molar-refractivity contribution in [2.75, 3.05) is 0 Å². The molecule has 0 saturated carbocycles. The topological polar surface area (TPSA) is 51.1 Å². The zero-order valence-corrected chi connectivity index (χ0v) is 16.9. The molecule has 0 unspecified atom stereocenters. The Labute approximate surface area is 175 Å². The molecule has 4 aromatic rings. The van der Waals surface area contributed by atoms with Crippen molar-refractivity contribution in [3.8, 4) is 0 Å². The van der Waals surface area contributed by atoms with Gasteiger partial charge < -0.3 is 9.88 Å². The summed E-state index contributed by atoms with van der Waals surface area (Å²) in [5.74, 6) is -1.51. The van der Waals surface area contributed by atoms with E-state index in [1.54, 1.807) is 25.1 Å². The number of carbonyl (C=O) groups is 1. The van der Waals surface area contributed by atoms with Crippen LogP contribution < -0.4 is 10.9 Å². The highest BCUT2D eigenvalue weighted by atomic mass is 32.1. The van der Waals surface area contributed by atoms with E-state index in [1.807, 2.05) is 17.5 Å². The summed E-state index contributed by atoms with van der Waals surface area (Å²) in [4.78, 5) is 27.0. The molecule has 4 rings (SSSR count). The molecular weight excluding hydrogens is 406 g/mol. The largest absolute Gasteiger partial charge is 0.348 e. The SMILES string of the molecule is Cc1c(C(=O)NCc2cccc(F)c2)c2cccc(F)c2c(=O)n1Cc1cccs1. The van der Waals surface area contributed by atoms with Crippen molar-refractivity contribution in [3.63, 3.8) is 0 Å². The summed E-state index contributed by atoms with van der Waals surface area (Å²) in [6.07, 6.45) is 0. The molecule has 0 aliphatic rings. The Morgan fingerprint density at radius 2 is 1.90 bits per heavy atom. The van der Waals surface area contributed by atoms with E-state index in [0.717, 1.165) is 4.88 Å². The first-order chi connectivity index (χ1) is 14.5. The highest BCUT2D eigenvalue weighted by Gasteiger charge is 2.21. The van der Waals surface area contributed by atoms with E-state index in [0.29, 0.717) is 11.3 Å². The van der Waals surface area contributed by atoms with Crippen LogP contribution in [0.3, 0.4) is 0 Å². The van der Waals surface area contributed by atoms with Crippen LogP contribution in [0, 0.1) is 18.6 Å². The zero-order valence-electron chi connectivity index (χ0n) is 16.1. The molecule has 0 saturated heterocycles. The maximum absolute atomic E-state index is 14.6. The van der Waals surface area contributed by atoms with Crippen molar-refractivity contribution in [3.05, 3.63) is 104 Å². The molecule has 2 heterocycles. The van der Waals surface area contributed by atoms with Gasteiger partial charge >= 0.3 is 0 Å². The maximum atomic E-state index is 14.6. The highest BCUT2D eigenvalue weighted by molar-refractivity contribution is 7.09. The monoisotopic (exact) mass is 424 g/mol. The molecule has 7 heteroatoms. The Balaban J connectivity index is 1.80. The number of halogens is 2. The second-order valence-corrected chi connectivity index (χ2v) is 7.94. The Kier molecular flexibility index (Phi) is 5.46. The summed E-state index contributed by atoms with van der Waals surface area (Å²) in [6, 6.07) is 13.9. The second kappa shape index (κ2) is 8.20. The van der Waals surface area contributed by atoms with Crippen LogP contribution in [0.4, 0.5) is 8.78 Å². The smallest absolute Gasteiger partial charge is 0.261 e. The van der Waals surface area contributed by atoms with Crippen molar-refractivity contribution < 1.29 is 13.6 Å². The van der Waals surface area contributed by atoms with Crippen molar-refractivity contribution in [1.29, 1.82) is 0 Å². The molecule has 2 aromatic carbocycles. The Bertz CT molecular complexity index is 1300. The van der Waals surface area contributed by atoms with Crippen LogP contribution in [0.2, 0.25) is 0 Å². The molecule has 0 radical (unpaired) electrons. The molecule has 0 fully saturated rings. The van der Waals surface area contributed by atoms with Crippen molar-refractivity contribution >= 4 is 28.0 Å². The minimum absolute atomic E-state index is 0.108. The van der Waals surface area contributed by atoms with Gasteiger partial charge in [0.05, 0.1) is 17.5 Å². The molecule has 1 amide bonds. The van der Waals surface area contributed by atoms with Gasteiger partial charge in [0.2, 0.25) is 0 Å². The average Bonchev–Trinajstić information content (AvgIpc) is 3.23. The van der Waals surface area contributed by atoms with Crippen LogP contribution in [0.5, 0.6) is 0 Å². The number of aromatic nitrogens is 1. The molecule has 1 N–H and O–H groups in total. The standard InChI is InChI=1S/C23H18F2N2O2S/c1-14-20(22(28)26-12-15-5-2-6-16(24)11-15)18-8-3-9-19(25)21(18)23(29)27(14)13-17-7-4-10-30-17/h2-11H,12-13H2,1H3,(H,26,28). The number of nitrogens with zero attached hydrogens (tertiary/aromatic N) is 1. The van der Waals surface area contributed by atoms with Gasteiger partial charge in [0.25, 0.3) is 11.5 Å². The molecule has 0 aliphatic carbocycles. The van der Waals surface area contributed by atoms with Gasteiger partial charge in [-0.15, -0.1) is 11.3 Å². The lowest BCUT2D eigenvalue weighted by atomic mass is 10.0. The predicted octanol–water partition coefficient (Wildman–Crippen LogP) is 4.63. The van der Waals surface area contributed by atoms with Gasteiger partial charge in [-0.2, -0.15) is 0 Å². The molecule has 0 spiro atoms. The van der Waals surface area contributed by atoms with Gasteiger partial charge in [-0.05, 0) is 42.1 Å². The molecule has 0 atom stereocenters. The highest BCUT2D eigenvalue weighted by Crippen LogP contribution is 2.23. The van der Waals surface area contributed by atoms with E-state index in [9.17, 15) is 18.4 Å². The Hall–Kier alpha value is -3.32. The van der Waals surface area contributed by atoms with Crippen LogP contribution in [-0.4, -0.2) is 10.5 Å². The number of rotatable bonds is 5. The number of carbonyl (C=O) groups excluding carboxylic acids is 1. The maximum Gasteiger partial charge on any atom is 0.261 e. The summed E-state index contributed by atoms with van der Waals surface area (Å²) in [6.45, 7) is 2.03. The van der Waals surface area contributed by atoms with Crippen molar-refractivity contribution in [2.24, 2.45) is 0 Å². The van der Waals surface area contributed by atoms with Gasteiger partial charge in [-0.1, -0.05) is 30.3 Å². The number of pyridine rings is 1. The summed E-state index contributed by atoms with van der Waals surface area (Å²) in [7, 11) is 0. The van der Waals surface area contributed by atoms with Crippen LogP contribution in [-0.2, 0) is 13.1 Å². The number of nitrogens with one attached hydrogen (secondary N) is 1. The Morgan fingerprint density at radius 3 is 2.63 bits per heavy atom. The third-order valence-corrected chi connectivity index (χ3v) is 5.83. The summed E-state index contributed by atoms with van der Waals surface area (Å²) in [5, 5.41) is 4.80. The summed E-state index contributed by atoms with van der Waals surface area (Å²) in [5.41, 5.74) is 0.805. The van der Waals surface area contributed by atoms with Crippen LogP contribution in [0.1, 0.15) is 26.5 Å². The number of benzene rings is 2. The van der Waals surface area contributed by atoms with Gasteiger partial charge in [-0.3, -0.25) is 9.59 Å². The zero-order chi connectivity index (χ0) is 21.3. The molecule has 0 bridgehead atoms. The van der Waals surface area contributed by atoms with E-state index in [2.05, 4.69) is 5.32 Å². The van der Waals surface area contributed by atoms with E-state index >= 15 is 0 Å². The van der Waals surface area contributed by atoms with E-state index in [-0.39, 0.29) is 29.4 Å². The number of hydrogen-bond donors (Lipinski definition) is 1. The fourth-order valence-electron chi connectivity index (χ4n) is 3.52. The van der Waals surface area contributed by atoms with Crippen LogP contribution in [0.15, 0.2) is 64.8 Å². The van der Waals surface area contributed by atoms with Gasteiger partial charge in [0.1, 0.15) is 11.6 Å². The van der Waals surface area contributed by atoms with Crippen molar-refractivity contribution in [1.82, 2.24) is 9.88 Å². The number of amides is 1. The van der Waals surface area contributed by atoms with Gasteiger partial charge in [-0.25, -0.2) is 8.78 Å². The normalized spacial score (nSPS) is 11.0. The fourth-order valence-corrected chi connectivity index (χ4v) is 4.21. The Morgan fingerprint density at radius 1 is 1.10 bits per heavy atom. The first-order valence-electron chi connectivity index (χ1n) is 9.32. The molecule has 152 valence electrons. The van der Waals surface area contributed by atoms with Crippen LogP contribution >= 0.6 is 11.3 Å². The lowest BCUT2D eigenvalue weighted by molar-refractivity contribution is 0.0951. The molecule has 0 aliphatic heterocycles. The quantitative estimate of drug-likeness (QED) is 0.508. The van der Waals surface area contributed by atoms with Crippen molar-refractivity contribution in [2.45, 2.75) is 20.0 Å². The average molecular weight is 424 g/mol. The third-order valence-electron chi connectivity index (χ3n) is 4.97. The van der Waals surface area contributed by atoms with Gasteiger partial charge in [0.15, 0.2) is 0 Å². The number of hydrogen-bond acceptors (Lipinski definition) is 3. The fraction of sp³-hybridized carbons (Fsp3) is 0.130. The predicted molar refractivity (Wildman–Crippen MR) is 114 cm³/mol. The lowest BCUT2D eigenvalue weighted by Gasteiger charge is -2.17. The molecule has 30 heavy (non-hydrogen) atoms. The van der Waals surface area contributed by atoms with Gasteiger partial charge in [0, 0.05) is 22.5 Å². The van der Waals surface area contributed by atoms with E-state index < -0.39 is 23.1 Å². The van der Waals surface area contributed by atoms with E-state index in [1.165, 1.54) is 40.2 Å². The molecule has 2 aromatic heterocycles. The number of thiophene rings is 1. The molecular formula is C23H18F2N2O2S. The third kappa shape index (κ3) is 3.76. The number of fused-ring (bicyclic) bond motifs is 1. The van der Waals surface area contributed by atoms with Crippen LogP contribution in [0.25, 0.3) is 10.8 Å². The minimum Gasteiger partial charge on any atom is -0.348 e. The first-order valence-corrected chi connectivity index (χ1v) is 10.2. The molecule has 4 nitrogen and oxygen atoms in total. The second-order valence-electron chi connectivity index (χ2n) is 6.91. The minimum atomic E-state index is -0.670. The lowest BCUT2D eigenvalue weighted by Crippen LogP contribution is -2.30. The summed E-state index contributed by atoms with van der Waals surface area (Å²) >= 11 is 1.48. The summed E-state index contributed by atoms with van der Waals surface area (Å²) < 4.78 is 29.4. The first kappa shape index (κ1) is 20.0.